The molecular formula is C21H22BrN3O4. The number of para-hydroxylation sites is 1. The highest BCUT2D eigenvalue weighted by Gasteiger charge is 2.15. The highest BCUT2D eigenvalue weighted by Crippen LogP contribution is 2.34. The highest BCUT2D eigenvalue weighted by atomic mass is 79.9. The average Bonchev–Trinajstić information content (AvgIpc) is 2.66. The molecule has 0 aliphatic rings. The van der Waals surface area contributed by atoms with Crippen molar-refractivity contribution in [2.24, 2.45) is 10.5 Å². The van der Waals surface area contributed by atoms with Crippen LogP contribution in [0.5, 0.6) is 11.5 Å². The second-order valence-corrected chi connectivity index (χ2v) is 8.57. The van der Waals surface area contributed by atoms with Crippen LogP contribution in [0.25, 0.3) is 10.9 Å². The Morgan fingerprint density at radius 3 is 2.59 bits per heavy atom. The molecule has 1 aromatic heterocycles. The number of aromatic amines is 1. The van der Waals surface area contributed by atoms with Crippen LogP contribution in [0.4, 0.5) is 0 Å². The molecule has 8 heteroatoms. The van der Waals surface area contributed by atoms with Crippen LogP contribution in [-0.4, -0.2) is 29.6 Å². The van der Waals surface area contributed by atoms with Crippen LogP contribution >= 0.6 is 15.9 Å². The molecule has 152 valence electrons. The Balaban J connectivity index is 1.98. The van der Waals surface area contributed by atoms with Crippen LogP contribution in [0.15, 0.2) is 55.6 Å². The number of hydrogen-bond acceptors (Lipinski definition) is 5. The lowest BCUT2D eigenvalue weighted by atomic mass is 9.99. The van der Waals surface area contributed by atoms with Crippen molar-refractivity contribution in [2.45, 2.75) is 20.8 Å². The molecule has 0 saturated carbocycles. The first-order valence-corrected chi connectivity index (χ1v) is 9.78. The number of aromatic nitrogens is 2. The number of rotatable bonds is 5. The third-order valence-corrected chi connectivity index (χ3v) is 4.73. The Labute approximate surface area is 176 Å². The van der Waals surface area contributed by atoms with E-state index in [4.69, 9.17) is 9.47 Å². The van der Waals surface area contributed by atoms with Gasteiger partial charge in [0.05, 0.1) is 30.8 Å². The molecular weight excluding hydrogens is 438 g/mol. The summed E-state index contributed by atoms with van der Waals surface area (Å²) in [6.45, 7) is 6.75. The molecule has 2 aromatic carbocycles. The summed E-state index contributed by atoms with van der Waals surface area (Å²) in [4.78, 5) is 27.5. The molecule has 0 amide bonds. The lowest BCUT2D eigenvalue weighted by Crippen LogP contribution is -2.32. The third kappa shape index (κ3) is 4.76. The summed E-state index contributed by atoms with van der Waals surface area (Å²) in [5.41, 5.74) is -0.0100. The molecule has 0 radical (unpaired) electrons. The highest BCUT2D eigenvalue weighted by molar-refractivity contribution is 9.10. The van der Waals surface area contributed by atoms with Crippen LogP contribution in [0.1, 0.15) is 26.3 Å². The van der Waals surface area contributed by atoms with Crippen LogP contribution in [-0.2, 0) is 0 Å². The van der Waals surface area contributed by atoms with Crippen LogP contribution in [0.2, 0.25) is 0 Å². The number of nitrogens with one attached hydrogen (secondary N) is 1. The number of ether oxygens (including phenoxy) is 2. The first-order chi connectivity index (χ1) is 13.7. The summed E-state index contributed by atoms with van der Waals surface area (Å²) in [5, 5.41) is 4.47. The molecule has 29 heavy (non-hydrogen) atoms. The zero-order valence-corrected chi connectivity index (χ0v) is 18.2. The van der Waals surface area contributed by atoms with E-state index in [2.05, 4.69) is 46.8 Å². The van der Waals surface area contributed by atoms with E-state index in [9.17, 15) is 9.59 Å². The molecule has 0 spiro atoms. The van der Waals surface area contributed by atoms with Crippen molar-refractivity contribution in [3.63, 3.8) is 0 Å². The van der Waals surface area contributed by atoms with Gasteiger partial charge >= 0.3 is 5.69 Å². The molecule has 0 fully saturated rings. The van der Waals surface area contributed by atoms with E-state index >= 15 is 0 Å². The Morgan fingerprint density at radius 1 is 1.17 bits per heavy atom. The van der Waals surface area contributed by atoms with Gasteiger partial charge in [0.1, 0.15) is 0 Å². The maximum atomic E-state index is 12.6. The minimum absolute atomic E-state index is 0.00407. The number of benzene rings is 2. The van der Waals surface area contributed by atoms with Crippen molar-refractivity contribution in [3.05, 3.63) is 67.3 Å². The molecule has 0 atom stereocenters. The molecule has 0 aliphatic heterocycles. The van der Waals surface area contributed by atoms with Crippen molar-refractivity contribution < 1.29 is 9.47 Å². The van der Waals surface area contributed by atoms with E-state index in [1.165, 1.54) is 6.21 Å². The van der Waals surface area contributed by atoms with E-state index in [0.29, 0.717) is 39.0 Å². The van der Waals surface area contributed by atoms with Gasteiger partial charge in [0.25, 0.3) is 5.56 Å². The van der Waals surface area contributed by atoms with Gasteiger partial charge in [0.15, 0.2) is 11.5 Å². The molecule has 1 heterocycles. The fraction of sp³-hybridized carbons (Fsp3) is 0.286. The van der Waals surface area contributed by atoms with Crippen LogP contribution < -0.4 is 20.7 Å². The number of H-pyrrole nitrogens is 1. The van der Waals surface area contributed by atoms with Gasteiger partial charge in [-0.2, -0.15) is 5.10 Å². The van der Waals surface area contributed by atoms with E-state index in [1.807, 2.05) is 0 Å². The first kappa shape index (κ1) is 20.9. The zero-order valence-electron chi connectivity index (χ0n) is 16.7. The van der Waals surface area contributed by atoms with Crippen molar-refractivity contribution >= 4 is 33.0 Å². The molecule has 0 unspecified atom stereocenters. The number of hydrogen-bond donors (Lipinski definition) is 1. The summed E-state index contributed by atoms with van der Waals surface area (Å²) in [5.74, 6) is 1.12. The third-order valence-electron chi connectivity index (χ3n) is 4.04. The Morgan fingerprint density at radius 2 is 1.90 bits per heavy atom. The topological polar surface area (TPSA) is 85.7 Å². The van der Waals surface area contributed by atoms with E-state index < -0.39 is 11.2 Å². The fourth-order valence-corrected chi connectivity index (χ4v) is 3.02. The van der Waals surface area contributed by atoms with Crippen molar-refractivity contribution in [1.82, 2.24) is 9.66 Å². The second-order valence-electron chi connectivity index (χ2n) is 7.71. The van der Waals surface area contributed by atoms with E-state index in [1.54, 1.807) is 43.5 Å². The lowest BCUT2D eigenvalue weighted by Gasteiger charge is -2.20. The number of methoxy groups -OCH3 is 1. The largest absolute Gasteiger partial charge is 0.493 e. The first-order valence-electron chi connectivity index (χ1n) is 8.98. The standard InChI is InChI=1S/C21H22BrN3O4/c1-21(2,3)12-29-18-10-15(22)13(9-17(18)28-4)11-23-25-19(26)14-7-5-6-8-16(14)24-20(25)27/h5-11H,12H2,1-4H3,(H,24,27). The van der Waals surface area contributed by atoms with E-state index in [0.717, 1.165) is 4.68 Å². The van der Waals surface area contributed by atoms with Gasteiger partial charge in [-0.1, -0.05) is 32.9 Å². The minimum atomic E-state index is -0.613. The number of halogens is 1. The average molecular weight is 460 g/mol. The molecule has 0 bridgehead atoms. The van der Waals surface area contributed by atoms with Gasteiger partial charge in [-0.05, 0) is 45.6 Å². The number of fused-ring (bicyclic) bond motifs is 1. The molecule has 3 rings (SSSR count). The quantitative estimate of drug-likeness (QED) is 0.588. The van der Waals surface area contributed by atoms with Gasteiger partial charge < -0.3 is 14.5 Å². The molecule has 3 aromatic rings. The normalized spacial score (nSPS) is 11.9. The van der Waals surface area contributed by atoms with Crippen LogP contribution in [0, 0.1) is 5.41 Å². The van der Waals surface area contributed by atoms with Gasteiger partial charge in [-0.25, -0.2) is 4.79 Å². The summed E-state index contributed by atoms with van der Waals surface area (Å²) >= 11 is 3.48. The molecule has 0 aliphatic carbocycles. The monoisotopic (exact) mass is 459 g/mol. The van der Waals surface area contributed by atoms with E-state index in [-0.39, 0.29) is 5.41 Å². The summed E-state index contributed by atoms with van der Waals surface area (Å²) < 4.78 is 12.8. The summed E-state index contributed by atoms with van der Waals surface area (Å²) in [6, 6.07) is 10.3. The maximum Gasteiger partial charge on any atom is 0.349 e. The summed E-state index contributed by atoms with van der Waals surface area (Å²) in [6.07, 6.45) is 1.42. The van der Waals surface area contributed by atoms with Crippen LogP contribution in [0.3, 0.4) is 0 Å². The zero-order chi connectivity index (χ0) is 21.2. The van der Waals surface area contributed by atoms with Crippen molar-refractivity contribution in [2.75, 3.05) is 13.7 Å². The Bertz CT molecular complexity index is 1190. The Kier molecular flexibility index (Phi) is 5.93. The number of nitrogens with zero attached hydrogens (tertiary/aromatic N) is 2. The van der Waals surface area contributed by atoms with Gasteiger partial charge in [-0.15, -0.1) is 4.68 Å². The van der Waals surface area contributed by atoms with Crippen molar-refractivity contribution in [1.29, 1.82) is 0 Å². The SMILES string of the molecule is COc1cc(C=Nn2c(=O)[nH]c3ccccc3c2=O)c(Br)cc1OCC(C)(C)C. The van der Waals surface area contributed by atoms with Gasteiger partial charge in [-0.3, -0.25) is 4.79 Å². The smallest absolute Gasteiger partial charge is 0.349 e. The van der Waals surface area contributed by atoms with Gasteiger partial charge in [0, 0.05) is 10.0 Å². The van der Waals surface area contributed by atoms with Crippen molar-refractivity contribution in [3.8, 4) is 11.5 Å². The molecule has 0 saturated heterocycles. The minimum Gasteiger partial charge on any atom is -0.493 e. The molecule has 7 nitrogen and oxygen atoms in total. The lowest BCUT2D eigenvalue weighted by molar-refractivity contribution is 0.191. The summed E-state index contributed by atoms with van der Waals surface area (Å²) in [7, 11) is 1.55. The fourth-order valence-electron chi connectivity index (χ4n) is 2.59. The predicted molar refractivity (Wildman–Crippen MR) is 117 cm³/mol. The van der Waals surface area contributed by atoms with Gasteiger partial charge in [0.2, 0.25) is 0 Å². The second kappa shape index (κ2) is 8.24. The maximum absolute atomic E-state index is 12.6. The molecule has 1 N–H and O–H groups in total. The Hall–Kier alpha value is -2.87. The predicted octanol–water partition coefficient (Wildman–Crippen LogP) is 3.77.